The Hall–Kier alpha value is -0.610. The van der Waals surface area contributed by atoms with E-state index in [1.54, 1.807) is 7.11 Å². The molecule has 4 heteroatoms. The molecule has 1 heterocycles. The molecule has 0 amide bonds. The maximum Gasteiger partial charge on any atom is 0.323 e. The van der Waals surface area contributed by atoms with E-state index in [1.165, 1.54) is 0 Å². The number of carboxylic acid groups (broad SMARTS) is 1. The molecule has 82 valence electrons. The molecule has 14 heavy (non-hydrogen) atoms. The molecule has 1 fully saturated rings. The van der Waals surface area contributed by atoms with E-state index in [4.69, 9.17) is 9.84 Å². The molecule has 0 aliphatic carbocycles. The minimum Gasteiger partial charge on any atom is -0.480 e. The lowest BCUT2D eigenvalue weighted by Crippen LogP contribution is -2.42. The Bertz CT molecular complexity index is 196. The van der Waals surface area contributed by atoms with Gasteiger partial charge >= 0.3 is 5.97 Å². The molecule has 2 atom stereocenters. The number of rotatable bonds is 5. The Morgan fingerprint density at radius 1 is 1.71 bits per heavy atom. The van der Waals surface area contributed by atoms with Gasteiger partial charge in [-0.05, 0) is 18.9 Å². The zero-order valence-corrected chi connectivity index (χ0v) is 8.90. The standard InChI is InChI=1S/C10H19NO3/c1-3-8-4-5-11(6-8)9(7-14-2)10(12)13/h8-9H,3-7H2,1-2H3,(H,12,13). The summed E-state index contributed by atoms with van der Waals surface area (Å²) in [6.07, 6.45) is 2.25. The molecule has 2 unspecified atom stereocenters. The number of ether oxygens (including phenoxy) is 1. The highest BCUT2D eigenvalue weighted by Gasteiger charge is 2.31. The zero-order chi connectivity index (χ0) is 10.6. The van der Waals surface area contributed by atoms with Crippen molar-refractivity contribution in [3.05, 3.63) is 0 Å². The highest BCUT2D eigenvalue weighted by atomic mass is 16.5. The number of nitrogens with zero attached hydrogens (tertiary/aromatic N) is 1. The van der Waals surface area contributed by atoms with Crippen LogP contribution in [0.3, 0.4) is 0 Å². The largest absolute Gasteiger partial charge is 0.480 e. The number of carboxylic acids is 1. The van der Waals surface area contributed by atoms with E-state index in [-0.39, 0.29) is 6.61 Å². The summed E-state index contributed by atoms with van der Waals surface area (Å²) < 4.78 is 4.92. The van der Waals surface area contributed by atoms with E-state index in [1.807, 2.05) is 4.90 Å². The van der Waals surface area contributed by atoms with Crippen molar-refractivity contribution in [1.82, 2.24) is 4.90 Å². The molecule has 1 aliphatic heterocycles. The molecule has 4 nitrogen and oxygen atoms in total. The van der Waals surface area contributed by atoms with Crippen LogP contribution in [0.15, 0.2) is 0 Å². The predicted molar refractivity (Wildman–Crippen MR) is 53.3 cm³/mol. The second kappa shape index (κ2) is 5.32. The lowest BCUT2D eigenvalue weighted by Gasteiger charge is -2.23. The maximum atomic E-state index is 10.9. The van der Waals surface area contributed by atoms with Crippen molar-refractivity contribution in [2.75, 3.05) is 26.8 Å². The number of hydrogen-bond donors (Lipinski definition) is 1. The fourth-order valence-corrected chi connectivity index (χ4v) is 1.97. The summed E-state index contributed by atoms with van der Waals surface area (Å²) in [5.41, 5.74) is 0. The van der Waals surface area contributed by atoms with Crippen LogP contribution in [0.1, 0.15) is 19.8 Å². The molecule has 0 bridgehead atoms. The van der Waals surface area contributed by atoms with Gasteiger partial charge in [0.25, 0.3) is 0 Å². The summed E-state index contributed by atoms with van der Waals surface area (Å²) in [5.74, 6) is -0.114. The number of carbonyl (C=O) groups is 1. The van der Waals surface area contributed by atoms with Crippen LogP contribution in [0.5, 0.6) is 0 Å². The maximum absolute atomic E-state index is 10.9. The molecule has 1 rings (SSSR count). The molecule has 0 aromatic carbocycles. The van der Waals surface area contributed by atoms with Gasteiger partial charge in [0, 0.05) is 13.7 Å². The Morgan fingerprint density at radius 3 is 2.86 bits per heavy atom. The zero-order valence-electron chi connectivity index (χ0n) is 8.90. The van der Waals surface area contributed by atoms with Gasteiger partial charge in [0.05, 0.1) is 6.61 Å². The average Bonchev–Trinajstić information content (AvgIpc) is 2.61. The van der Waals surface area contributed by atoms with Crippen LogP contribution in [0, 0.1) is 5.92 Å². The van der Waals surface area contributed by atoms with Gasteiger partial charge in [0.15, 0.2) is 0 Å². The van der Waals surface area contributed by atoms with Gasteiger partial charge in [0.1, 0.15) is 6.04 Å². The molecule has 0 radical (unpaired) electrons. The van der Waals surface area contributed by atoms with E-state index in [9.17, 15) is 4.79 Å². The van der Waals surface area contributed by atoms with Gasteiger partial charge < -0.3 is 9.84 Å². The van der Waals surface area contributed by atoms with E-state index in [2.05, 4.69) is 6.92 Å². The first-order valence-corrected chi connectivity index (χ1v) is 5.14. The minimum absolute atomic E-state index is 0.283. The minimum atomic E-state index is -0.774. The van der Waals surface area contributed by atoms with Crippen molar-refractivity contribution in [3.63, 3.8) is 0 Å². The van der Waals surface area contributed by atoms with Crippen LogP contribution < -0.4 is 0 Å². The summed E-state index contributed by atoms with van der Waals surface area (Å²) in [6, 6.07) is -0.462. The van der Waals surface area contributed by atoms with E-state index in [0.717, 1.165) is 25.9 Å². The molecule has 0 aromatic rings. The molecular formula is C10H19NO3. The van der Waals surface area contributed by atoms with Crippen molar-refractivity contribution in [3.8, 4) is 0 Å². The van der Waals surface area contributed by atoms with Crippen molar-refractivity contribution in [1.29, 1.82) is 0 Å². The van der Waals surface area contributed by atoms with Gasteiger partial charge in [-0.1, -0.05) is 13.3 Å². The Morgan fingerprint density at radius 2 is 2.43 bits per heavy atom. The molecule has 1 N–H and O–H groups in total. The first kappa shape index (κ1) is 11.5. The van der Waals surface area contributed by atoms with Crippen molar-refractivity contribution in [2.24, 2.45) is 5.92 Å². The first-order valence-electron chi connectivity index (χ1n) is 5.14. The molecule has 1 saturated heterocycles. The topological polar surface area (TPSA) is 49.8 Å². The second-order valence-electron chi connectivity index (χ2n) is 3.87. The third kappa shape index (κ3) is 2.69. The normalized spacial score (nSPS) is 25.1. The summed E-state index contributed by atoms with van der Waals surface area (Å²) in [4.78, 5) is 13.0. The van der Waals surface area contributed by atoms with Gasteiger partial charge in [0.2, 0.25) is 0 Å². The van der Waals surface area contributed by atoms with Gasteiger partial charge in [-0.25, -0.2) is 0 Å². The SMILES string of the molecule is CCC1CCN(C(COC)C(=O)O)C1. The van der Waals surface area contributed by atoms with E-state index in [0.29, 0.717) is 5.92 Å². The highest BCUT2D eigenvalue weighted by molar-refractivity contribution is 5.73. The Labute approximate surface area is 84.8 Å². The van der Waals surface area contributed by atoms with E-state index < -0.39 is 12.0 Å². The third-order valence-electron chi connectivity index (χ3n) is 2.94. The summed E-state index contributed by atoms with van der Waals surface area (Å²) in [5, 5.41) is 9.00. The van der Waals surface area contributed by atoms with E-state index >= 15 is 0 Å². The lowest BCUT2D eigenvalue weighted by atomic mass is 10.1. The number of hydrogen-bond acceptors (Lipinski definition) is 3. The van der Waals surface area contributed by atoms with Gasteiger partial charge in [-0.15, -0.1) is 0 Å². The van der Waals surface area contributed by atoms with Crippen LogP contribution in [0.2, 0.25) is 0 Å². The Kier molecular flexibility index (Phi) is 4.35. The Balaban J connectivity index is 2.48. The second-order valence-corrected chi connectivity index (χ2v) is 3.87. The fourth-order valence-electron chi connectivity index (χ4n) is 1.97. The first-order chi connectivity index (χ1) is 6.69. The smallest absolute Gasteiger partial charge is 0.323 e. The molecule has 1 aliphatic rings. The van der Waals surface area contributed by atoms with Crippen LogP contribution in [-0.4, -0.2) is 48.8 Å². The van der Waals surface area contributed by atoms with Crippen molar-refractivity contribution >= 4 is 5.97 Å². The third-order valence-corrected chi connectivity index (χ3v) is 2.94. The monoisotopic (exact) mass is 201 g/mol. The molecular weight excluding hydrogens is 182 g/mol. The fraction of sp³-hybridized carbons (Fsp3) is 0.900. The van der Waals surface area contributed by atoms with Gasteiger partial charge in [-0.3, -0.25) is 9.69 Å². The average molecular weight is 201 g/mol. The molecule has 0 spiro atoms. The molecule has 0 saturated carbocycles. The summed E-state index contributed by atoms with van der Waals surface area (Å²) in [6.45, 7) is 4.22. The van der Waals surface area contributed by atoms with Gasteiger partial charge in [-0.2, -0.15) is 0 Å². The van der Waals surface area contributed by atoms with Crippen molar-refractivity contribution in [2.45, 2.75) is 25.8 Å². The highest BCUT2D eigenvalue weighted by Crippen LogP contribution is 2.21. The lowest BCUT2D eigenvalue weighted by molar-refractivity contribution is -0.144. The predicted octanol–water partition coefficient (Wildman–Crippen LogP) is 0.818. The number of aliphatic carboxylic acids is 1. The number of likely N-dealkylation sites (tertiary alicyclic amines) is 1. The van der Waals surface area contributed by atoms with Crippen LogP contribution >= 0.6 is 0 Å². The van der Waals surface area contributed by atoms with Crippen molar-refractivity contribution < 1.29 is 14.6 Å². The number of methoxy groups -OCH3 is 1. The summed E-state index contributed by atoms with van der Waals surface area (Å²) in [7, 11) is 1.54. The summed E-state index contributed by atoms with van der Waals surface area (Å²) >= 11 is 0. The quantitative estimate of drug-likeness (QED) is 0.715. The van der Waals surface area contributed by atoms with Crippen LogP contribution in [0.25, 0.3) is 0 Å². The van der Waals surface area contributed by atoms with Crippen LogP contribution in [-0.2, 0) is 9.53 Å². The van der Waals surface area contributed by atoms with Crippen LogP contribution in [0.4, 0.5) is 0 Å². The molecule has 0 aromatic heterocycles.